The molecule has 3 rings (SSSR count). The van der Waals surface area contributed by atoms with E-state index in [1.54, 1.807) is 18.4 Å². The maximum atomic E-state index is 5.22. The van der Waals surface area contributed by atoms with E-state index in [0.717, 1.165) is 33.7 Å². The lowest BCUT2D eigenvalue weighted by atomic mass is 10.2. The van der Waals surface area contributed by atoms with Crippen LogP contribution in [0.4, 0.5) is 0 Å². The highest BCUT2D eigenvalue weighted by Gasteiger charge is 2.09. The molecule has 2 N–H and O–H groups in total. The molecule has 0 atom stereocenters. The summed E-state index contributed by atoms with van der Waals surface area (Å²) < 4.78 is 7.18. The molecule has 0 radical (unpaired) electrons. The Morgan fingerprint density at radius 3 is 2.41 bits per heavy atom. The van der Waals surface area contributed by atoms with Gasteiger partial charge in [0, 0.05) is 11.9 Å². The van der Waals surface area contributed by atoms with Gasteiger partial charge in [0.2, 0.25) is 0 Å². The Morgan fingerprint density at radius 2 is 1.83 bits per heavy atom. The van der Waals surface area contributed by atoms with E-state index in [1.807, 2.05) is 56.7 Å². The Kier molecular flexibility index (Phi) is 6.82. The van der Waals surface area contributed by atoms with Crippen LogP contribution < -0.4 is 15.4 Å². The number of benzene rings is 1. The maximum absolute atomic E-state index is 5.22. The highest BCUT2D eigenvalue weighted by atomic mass is 32.1. The second kappa shape index (κ2) is 9.51. The predicted molar refractivity (Wildman–Crippen MR) is 115 cm³/mol. The van der Waals surface area contributed by atoms with Crippen LogP contribution in [-0.4, -0.2) is 32.8 Å². The van der Waals surface area contributed by atoms with Crippen molar-refractivity contribution < 1.29 is 4.74 Å². The van der Waals surface area contributed by atoms with Gasteiger partial charge >= 0.3 is 0 Å². The smallest absolute Gasteiger partial charge is 0.192 e. The van der Waals surface area contributed by atoms with Crippen molar-refractivity contribution in [1.29, 1.82) is 0 Å². The minimum absolute atomic E-state index is 0.534. The zero-order chi connectivity index (χ0) is 20.8. The van der Waals surface area contributed by atoms with E-state index >= 15 is 0 Å². The van der Waals surface area contributed by atoms with Crippen LogP contribution in [-0.2, 0) is 26.7 Å². The third kappa shape index (κ3) is 5.54. The molecule has 8 nitrogen and oxygen atoms in total. The number of nitrogens with zero attached hydrogens (tertiary/aromatic N) is 5. The van der Waals surface area contributed by atoms with Crippen LogP contribution in [0.2, 0.25) is 0 Å². The average Bonchev–Trinajstić information content (AvgIpc) is 3.22. The van der Waals surface area contributed by atoms with Crippen LogP contribution in [0.5, 0.6) is 5.75 Å². The molecule has 2 aromatic heterocycles. The molecule has 154 valence electrons. The fourth-order valence-electron chi connectivity index (χ4n) is 2.74. The standard InChI is InChI=1S/C20H27N7OS/c1-13-18(29-15(3)24-13)11-22-20(23-12-19-26-25-14(2)27(19)4)21-10-16-6-8-17(28-5)9-7-16/h6-9H,10-12H2,1-5H3,(H2,21,22,23). The molecular weight excluding hydrogens is 386 g/mol. The van der Waals surface area contributed by atoms with Gasteiger partial charge in [-0.25, -0.2) is 9.98 Å². The van der Waals surface area contributed by atoms with Gasteiger partial charge in [-0.3, -0.25) is 0 Å². The topological polar surface area (TPSA) is 89.2 Å². The van der Waals surface area contributed by atoms with Gasteiger partial charge in [0.15, 0.2) is 11.8 Å². The van der Waals surface area contributed by atoms with E-state index in [4.69, 9.17) is 9.73 Å². The lowest BCUT2D eigenvalue weighted by Gasteiger charge is -2.12. The van der Waals surface area contributed by atoms with Crippen LogP contribution in [0.1, 0.15) is 32.8 Å². The van der Waals surface area contributed by atoms with Gasteiger partial charge in [-0.2, -0.15) is 0 Å². The van der Waals surface area contributed by atoms with Crippen LogP contribution >= 0.6 is 11.3 Å². The summed E-state index contributed by atoms with van der Waals surface area (Å²) in [6, 6.07) is 7.92. The third-order valence-corrected chi connectivity index (χ3v) is 5.66. The molecule has 0 aliphatic rings. The van der Waals surface area contributed by atoms with E-state index in [0.29, 0.717) is 25.6 Å². The number of thiazole rings is 1. The van der Waals surface area contributed by atoms with Gasteiger partial charge in [0.1, 0.15) is 11.6 Å². The monoisotopic (exact) mass is 413 g/mol. The number of ether oxygens (including phenoxy) is 1. The Morgan fingerprint density at radius 1 is 1.10 bits per heavy atom. The summed E-state index contributed by atoms with van der Waals surface area (Å²) in [5.41, 5.74) is 2.16. The first-order valence-corrected chi connectivity index (χ1v) is 10.2. The zero-order valence-corrected chi connectivity index (χ0v) is 18.3. The number of guanidine groups is 1. The Hall–Kier alpha value is -2.94. The van der Waals surface area contributed by atoms with Crippen molar-refractivity contribution in [2.75, 3.05) is 7.11 Å². The minimum Gasteiger partial charge on any atom is -0.497 e. The molecule has 0 saturated carbocycles. The first kappa shape index (κ1) is 20.8. The van der Waals surface area contributed by atoms with Crippen LogP contribution in [0.3, 0.4) is 0 Å². The van der Waals surface area contributed by atoms with E-state index in [9.17, 15) is 0 Å². The molecule has 0 spiro atoms. The molecule has 0 fully saturated rings. The summed E-state index contributed by atoms with van der Waals surface area (Å²) in [7, 11) is 3.62. The number of methoxy groups -OCH3 is 1. The number of nitrogens with one attached hydrogen (secondary N) is 2. The van der Waals surface area contributed by atoms with Crippen molar-refractivity contribution in [3.05, 3.63) is 57.1 Å². The van der Waals surface area contributed by atoms with Gasteiger partial charge in [-0.15, -0.1) is 21.5 Å². The third-order valence-electron chi connectivity index (χ3n) is 4.59. The second-order valence-corrected chi connectivity index (χ2v) is 7.97. The van der Waals surface area contributed by atoms with Crippen LogP contribution in [0, 0.1) is 20.8 Å². The number of aromatic nitrogens is 4. The summed E-state index contributed by atoms with van der Waals surface area (Å²) in [4.78, 5) is 10.4. The van der Waals surface area contributed by atoms with Crippen molar-refractivity contribution in [3.8, 4) is 5.75 Å². The molecule has 0 bridgehead atoms. The summed E-state index contributed by atoms with van der Waals surface area (Å²) in [6.45, 7) is 7.75. The van der Waals surface area contributed by atoms with E-state index in [1.165, 1.54) is 4.88 Å². The molecule has 9 heteroatoms. The molecule has 0 aliphatic heterocycles. The van der Waals surface area contributed by atoms with Gasteiger partial charge in [0.25, 0.3) is 0 Å². The van der Waals surface area contributed by atoms with E-state index in [2.05, 4.69) is 25.8 Å². The van der Waals surface area contributed by atoms with Gasteiger partial charge in [0.05, 0.1) is 37.4 Å². The highest BCUT2D eigenvalue weighted by molar-refractivity contribution is 7.11. The quantitative estimate of drug-likeness (QED) is 0.457. The second-order valence-electron chi connectivity index (χ2n) is 6.68. The van der Waals surface area contributed by atoms with E-state index in [-0.39, 0.29) is 0 Å². The number of hydrogen-bond acceptors (Lipinski definition) is 6. The van der Waals surface area contributed by atoms with Gasteiger partial charge < -0.3 is 19.9 Å². The number of hydrogen-bond donors (Lipinski definition) is 2. The van der Waals surface area contributed by atoms with Crippen molar-refractivity contribution in [2.24, 2.45) is 12.0 Å². The molecule has 3 aromatic rings. The summed E-state index contributed by atoms with van der Waals surface area (Å²) >= 11 is 1.70. The van der Waals surface area contributed by atoms with Crippen molar-refractivity contribution in [3.63, 3.8) is 0 Å². The number of aliphatic imine (C=N–C) groups is 1. The number of aryl methyl sites for hydroxylation is 3. The Labute approximate surface area is 175 Å². The van der Waals surface area contributed by atoms with Crippen molar-refractivity contribution in [1.82, 2.24) is 30.4 Å². The first-order chi connectivity index (χ1) is 14.0. The normalized spacial score (nSPS) is 11.6. The molecule has 0 aliphatic carbocycles. The van der Waals surface area contributed by atoms with Gasteiger partial charge in [-0.1, -0.05) is 12.1 Å². The minimum atomic E-state index is 0.534. The van der Waals surface area contributed by atoms with Crippen molar-refractivity contribution >= 4 is 17.3 Å². The molecule has 2 heterocycles. The maximum Gasteiger partial charge on any atom is 0.192 e. The summed E-state index contributed by atoms with van der Waals surface area (Å²) in [5, 5.41) is 16.1. The molecule has 0 unspecified atom stereocenters. The number of rotatable bonds is 7. The molecule has 29 heavy (non-hydrogen) atoms. The fourth-order valence-corrected chi connectivity index (χ4v) is 3.62. The van der Waals surface area contributed by atoms with Crippen LogP contribution in [0.25, 0.3) is 0 Å². The van der Waals surface area contributed by atoms with E-state index < -0.39 is 0 Å². The first-order valence-electron chi connectivity index (χ1n) is 9.39. The van der Waals surface area contributed by atoms with Crippen LogP contribution in [0.15, 0.2) is 29.3 Å². The zero-order valence-electron chi connectivity index (χ0n) is 17.5. The summed E-state index contributed by atoms with van der Waals surface area (Å²) in [5.74, 6) is 3.28. The SMILES string of the molecule is COc1ccc(CN=C(NCc2sc(C)nc2C)NCc2nnc(C)n2C)cc1. The summed E-state index contributed by atoms with van der Waals surface area (Å²) in [6.07, 6.45) is 0. The lowest BCUT2D eigenvalue weighted by molar-refractivity contribution is 0.414. The lowest BCUT2D eigenvalue weighted by Crippen LogP contribution is -2.37. The molecular formula is C20H27N7OS. The molecule has 1 aromatic carbocycles. The Bertz CT molecular complexity index is 967. The average molecular weight is 414 g/mol. The molecule has 0 amide bonds. The predicted octanol–water partition coefficient (Wildman–Crippen LogP) is 2.64. The van der Waals surface area contributed by atoms with Gasteiger partial charge in [-0.05, 0) is 38.5 Å². The Balaban J connectivity index is 1.70. The molecule has 0 saturated heterocycles. The fraction of sp³-hybridized carbons (Fsp3) is 0.400. The van der Waals surface area contributed by atoms with Crippen molar-refractivity contribution in [2.45, 2.75) is 40.4 Å². The largest absolute Gasteiger partial charge is 0.497 e. The highest BCUT2D eigenvalue weighted by Crippen LogP contribution is 2.16.